The maximum Gasteiger partial charge on any atom is 0.350 e. The van der Waals surface area contributed by atoms with E-state index in [9.17, 15) is 4.79 Å². The summed E-state index contributed by atoms with van der Waals surface area (Å²) in [6.07, 6.45) is 2.22. The molecule has 1 aromatic carbocycles. The lowest BCUT2D eigenvalue weighted by Crippen LogP contribution is -2.01. The number of nitrogens with one attached hydrogen (secondary N) is 1. The molecule has 0 atom stereocenters. The van der Waals surface area contributed by atoms with Gasteiger partial charge in [0.15, 0.2) is 11.5 Å². The van der Waals surface area contributed by atoms with Gasteiger partial charge in [0.25, 0.3) is 0 Å². The Bertz CT molecular complexity index is 823. The smallest absolute Gasteiger partial charge is 0.350 e. The molecule has 2 rings (SSSR count). The van der Waals surface area contributed by atoms with E-state index >= 15 is 0 Å². The fraction of sp³-hybridized carbons (Fsp3) is 0.389. The molecule has 1 heterocycles. The number of hydrogen-bond donors (Lipinski definition) is 1. The minimum absolute atomic E-state index is 0.402. The van der Waals surface area contributed by atoms with Gasteiger partial charge in [-0.15, -0.1) is 0 Å². The fourth-order valence-electron chi connectivity index (χ4n) is 2.26. The van der Waals surface area contributed by atoms with Crippen LogP contribution in [0.5, 0.6) is 11.5 Å². The summed E-state index contributed by atoms with van der Waals surface area (Å²) in [6.45, 7) is 6.67. The number of ether oxygens (including phenoxy) is 3. The molecule has 0 fully saturated rings. The Labute approximate surface area is 167 Å². The van der Waals surface area contributed by atoms with Crippen LogP contribution in [0.15, 0.2) is 17.2 Å². The number of methoxy groups -OCH3 is 1. The van der Waals surface area contributed by atoms with Gasteiger partial charge in [-0.05, 0) is 38.0 Å². The van der Waals surface area contributed by atoms with Gasteiger partial charge in [0.1, 0.15) is 4.88 Å². The van der Waals surface area contributed by atoms with Crippen LogP contribution in [0, 0.1) is 0 Å². The summed E-state index contributed by atoms with van der Waals surface area (Å²) in [5.41, 5.74) is 4.24. The number of rotatable bonds is 9. The SMILES string of the molecule is CCOc1cc(/C=N\Nc2nc(CC)c(C(=O)OC)s2)cc(Cl)c1OCC. The van der Waals surface area contributed by atoms with E-state index in [1.165, 1.54) is 18.4 Å². The largest absolute Gasteiger partial charge is 0.490 e. The molecule has 9 heteroatoms. The van der Waals surface area contributed by atoms with Crippen LogP contribution in [-0.2, 0) is 11.2 Å². The zero-order valence-electron chi connectivity index (χ0n) is 15.7. The Hall–Kier alpha value is -2.32. The third kappa shape index (κ3) is 5.33. The molecule has 0 bridgehead atoms. The first-order chi connectivity index (χ1) is 13.0. The molecule has 1 aromatic heterocycles. The predicted octanol–water partition coefficient (Wildman–Crippen LogP) is 4.39. The van der Waals surface area contributed by atoms with E-state index < -0.39 is 5.97 Å². The number of carbonyl (C=O) groups excluding carboxylic acids is 1. The number of thiazole rings is 1. The van der Waals surface area contributed by atoms with Crippen LogP contribution in [0.1, 0.15) is 41.7 Å². The molecule has 0 amide bonds. The standard InChI is InChI=1S/C18H22ClN3O4S/c1-5-13-16(17(23)24-4)27-18(21-13)22-20-10-11-8-12(19)15(26-7-3)14(9-11)25-6-2/h8-10H,5-7H2,1-4H3,(H,21,22)/b20-10-. The van der Waals surface area contributed by atoms with E-state index in [4.69, 9.17) is 25.8 Å². The second kappa shape index (κ2) is 10.1. The zero-order chi connectivity index (χ0) is 19.8. The second-order valence-electron chi connectivity index (χ2n) is 5.21. The molecule has 7 nitrogen and oxygen atoms in total. The molecule has 0 radical (unpaired) electrons. The maximum atomic E-state index is 11.8. The van der Waals surface area contributed by atoms with Crippen LogP contribution in [-0.4, -0.2) is 37.5 Å². The number of aromatic nitrogens is 1. The summed E-state index contributed by atoms with van der Waals surface area (Å²) in [5, 5.41) is 5.12. The number of aryl methyl sites for hydroxylation is 1. The molecule has 0 aliphatic rings. The molecule has 0 aliphatic carbocycles. The van der Waals surface area contributed by atoms with Crippen molar-refractivity contribution in [1.29, 1.82) is 0 Å². The lowest BCUT2D eigenvalue weighted by molar-refractivity contribution is 0.0605. The van der Waals surface area contributed by atoms with Crippen LogP contribution in [0.25, 0.3) is 0 Å². The molecule has 0 saturated carbocycles. The summed E-state index contributed by atoms with van der Waals surface area (Å²) in [6, 6.07) is 3.53. The molecule has 0 aliphatic heterocycles. The second-order valence-corrected chi connectivity index (χ2v) is 6.61. The van der Waals surface area contributed by atoms with E-state index in [-0.39, 0.29) is 0 Å². The van der Waals surface area contributed by atoms with Gasteiger partial charge in [0.2, 0.25) is 5.13 Å². The van der Waals surface area contributed by atoms with Crippen molar-refractivity contribution in [1.82, 2.24) is 4.98 Å². The maximum absolute atomic E-state index is 11.8. The number of anilines is 1. The van der Waals surface area contributed by atoms with Crippen LogP contribution in [0.4, 0.5) is 5.13 Å². The normalized spacial score (nSPS) is 10.9. The Morgan fingerprint density at radius 3 is 2.67 bits per heavy atom. The first-order valence-electron chi connectivity index (χ1n) is 8.50. The minimum atomic E-state index is -0.402. The fourth-order valence-corrected chi connectivity index (χ4v) is 3.46. The van der Waals surface area contributed by atoms with Crippen LogP contribution in [0.2, 0.25) is 5.02 Å². The molecule has 0 unspecified atom stereocenters. The number of benzene rings is 1. The van der Waals surface area contributed by atoms with E-state index in [0.717, 1.165) is 5.56 Å². The van der Waals surface area contributed by atoms with Gasteiger partial charge in [0, 0.05) is 0 Å². The third-order valence-corrected chi connectivity index (χ3v) is 4.66. The van der Waals surface area contributed by atoms with E-state index in [0.29, 0.717) is 51.9 Å². The van der Waals surface area contributed by atoms with Gasteiger partial charge in [-0.25, -0.2) is 9.78 Å². The number of carbonyl (C=O) groups is 1. The van der Waals surface area contributed by atoms with Crippen molar-refractivity contribution in [3.05, 3.63) is 33.3 Å². The molecule has 2 aromatic rings. The molecule has 0 saturated heterocycles. The van der Waals surface area contributed by atoms with Crippen molar-refractivity contribution in [2.75, 3.05) is 25.7 Å². The molecule has 146 valence electrons. The van der Waals surface area contributed by atoms with Gasteiger partial charge in [0.05, 0.1) is 37.3 Å². The predicted molar refractivity (Wildman–Crippen MR) is 108 cm³/mol. The molecular formula is C18H22ClN3O4S. The topological polar surface area (TPSA) is 82.0 Å². The van der Waals surface area contributed by atoms with E-state index in [2.05, 4.69) is 15.5 Å². The third-order valence-electron chi connectivity index (χ3n) is 3.40. The summed E-state index contributed by atoms with van der Waals surface area (Å²) >= 11 is 7.48. The quantitative estimate of drug-likeness (QED) is 0.374. The molecule has 0 spiro atoms. The summed E-state index contributed by atoms with van der Waals surface area (Å²) < 4.78 is 15.9. The average molecular weight is 412 g/mol. The Morgan fingerprint density at radius 1 is 1.30 bits per heavy atom. The van der Waals surface area contributed by atoms with Crippen molar-refractivity contribution < 1.29 is 19.0 Å². The van der Waals surface area contributed by atoms with Gasteiger partial charge in [-0.1, -0.05) is 29.9 Å². The van der Waals surface area contributed by atoms with Crippen LogP contribution >= 0.6 is 22.9 Å². The Kier molecular flexibility index (Phi) is 7.87. The van der Waals surface area contributed by atoms with Gasteiger partial charge >= 0.3 is 5.97 Å². The zero-order valence-corrected chi connectivity index (χ0v) is 17.2. The highest BCUT2D eigenvalue weighted by atomic mass is 35.5. The van der Waals surface area contributed by atoms with Gasteiger partial charge < -0.3 is 14.2 Å². The number of hydrazone groups is 1. The highest BCUT2D eigenvalue weighted by Crippen LogP contribution is 2.36. The van der Waals surface area contributed by atoms with Crippen molar-refractivity contribution in [3.8, 4) is 11.5 Å². The Morgan fingerprint density at radius 2 is 2.04 bits per heavy atom. The lowest BCUT2D eigenvalue weighted by Gasteiger charge is -2.13. The first kappa shape index (κ1) is 21.0. The van der Waals surface area contributed by atoms with Crippen LogP contribution < -0.4 is 14.9 Å². The number of halogens is 1. The minimum Gasteiger partial charge on any atom is -0.490 e. The molecule has 1 N–H and O–H groups in total. The lowest BCUT2D eigenvalue weighted by atomic mass is 10.2. The Balaban J connectivity index is 2.18. The summed E-state index contributed by atoms with van der Waals surface area (Å²) in [7, 11) is 1.35. The highest BCUT2D eigenvalue weighted by molar-refractivity contribution is 7.17. The number of esters is 1. The summed E-state index contributed by atoms with van der Waals surface area (Å²) in [4.78, 5) is 16.6. The van der Waals surface area contributed by atoms with E-state index in [1.807, 2.05) is 20.8 Å². The van der Waals surface area contributed by atoms with Crippen molar-refractivity contribution >= 4 is 40.3 Å². The highest BCUT2D eigenvalue weighted by Gasteiger charge is 2.17. The van der Waals surface area contributed by atoms with Crippen molar-refractivity contribution in [3.63, 3.8) is 0 Å². The van der Waals surface area contributed by atoms with Crippen LogP contribution in [0.3, 0.4) is 0 Å². The van der Waals surface area contributed by atoms with E-state index in [1.54, 1.807) is 18.3 Å². The van der Waals surface area contributed by atoms with Crippen molar-refractivity contribution in [2.24, 2.45) is 5.10 Å². The van der Waals surface area contributed by atoms with Gasteiger partial charge in [-0.3, -0.25) is 5.43 Å². The average Bonchev–Trinajstić information content (AvgIpc) is 3.07. The monoisotopic (exact) mass is 411 g/mol. The molecular weight excluding hydrogens is 390 g/mol. The first-order valence-corrected chi connectivity index (χ1v) is 9.69. The number of hydrogen-bond acceptors (Lipinski definition) is 8. The summed E-state index contributed by atoms with van der Waals surface area (Å²) in [5.74, 6) is 0.672. The number of nitrogens with zero attached hydrogens (tertiary/aromatic N) is 2. The van der Waals surface area contributed by atoms with Crippen molar-refractivity contribution in [2.45, 2.75) is 27.2 Å². The molecule has 27 heavy (non-hydrogen) atoms. The van der Waals surface area contributed by atoms with Gasteiger partial charge in [-0.2, -0.15) is 5.10 Å².